The Balaban J connectivity index is 3.03. The average Bonchev–Trinajstić information content (AvgIpc) is 2.56. The lowest BCUT2D eigenvalue weighted by atomic mass is 9.72. The van der Waals surface area contributed by atoms with Gasteiger partial charge in [-0.1, -0.05) is 24.3 Å². The number of hydrogen-bond donors (Lipinski definition) is 2. The van der Waals surface area contributed by atoms with E-state index in [1.807, 2.05) is 0 Å². The average molecular weight is 382 g/mol. The standard InChI is InChI=1S/C20H21F3O4/c1-10-6-14(7-11(2)16(10)24)19(18(26)27-5,20(21,22)23)15-8-12(3)17(25)13(4)9-15/h6-9,24-25H,1-5H3. The molecule has 0 saturated carbocycles. The van der Waals surface area contributed by atoms with Crippen LogP contribution in [0.5, 0.6) is 11.5 Å². The van der Waals surface area contributed by atoms with Gasteiger partial charge in [0.05, 0.1) is 7.11 Å². The van der Waals surface area contributed by atoms with Crippen LogP contribution in [-0.4, -0.2) is 29.5 Å². The van der Waals surface area contributed by atoms with E-state index in [-0.39, 0.29) is 44.9 Å². The number of hydrogen-bond acceptors (Lipinski definition) is 4. The summed E-state index contributed by atoms with van der Waals surface area (Å²) in [5, 5.41) is 19.9. The van der Waals surface area contributed by atoms with E-state index in [2.05, 4.69) is 4.74 Å². The van der Waals surface area contributed by atoms with Gasteiger partial charge in [0.2, 0.25) is 5.41 Å². The molecule has 0 radical (unpaired) electrons. The number of alkyl halides is 3. The van der Waals surface area contributed by atoms with E-state index < -0.39 is 17.6 Å². The summed E-state index contributed by atoms with van der Waals surface area (Å²) in [5.41, 5.74) is -3.01. The Hall–Kier alpha value is -2.70. The lowest BCUT2D eigenvalue weighted by Crippen LogP contribution is -2.51. The van der Waals surface area contributed by atoms with Gasteiger partial charge in [0, 0.05) is 0 Å². The van der Waals surface area contributed by atoms with E-state index in [1.54, 1.807) is 0 Å². The molecule has 0 bridgehead atoms. The van der Waals surface area contributed by atoms with E-state index in [9.17, 15) is 28.2 Å². The summed E-state index contributed by atoms with van der Waals surface area (Å²) in [6.07, 6.45) is -5.04. The van der Waals surface area contributed by atoms with Crippen molar-refractivity contribution in [3.63, 3.8) is 0 Å². The van der Waals surface area contributed by atoms with Gasteiger partial charge in [-0.3, -0.25) is 4.79 Å². The maximum atomic E-state index is 14.5. The fourth-order valence-corrected chi connectivity index (χ4v) is 3.34. The number of benzene rings is 2. The molecule has 0 heterocycles. The van der Waals surface area contributed by atoms with Crippen LogP contribution in [0, 0.1) is 27.7 Å². The maximum absolute atomic E-state index is 14.5. The highest BCUT2D eigenvalue weighted by Gasteiger charge is 2.64. The fourth-order valence-electron chi connectivity index (χ4n) is 3.34. The van der Waals surface area contributed by atoms with Gasteiger partial charge in [0.1, 0.15) is 11.5 Å². The first kappa shape index (κ1) is 20.6. The molecule has 0 spiro atoms. The molecule has 4 nitrogen and oxygen atoms in total. The minimum absolute atomic E-state index is 0.141. The summed E-state index contributed by atoms with van der Waals surface area (Å²) < 4.78 is 48.0. The van der Waals surface area contributed by atoms with Crippen LogP contribution in [0.25, 0.3) is 0 Å². The highest BCUT2D eigenvalue weighted by Crippen LogP contribution is 2.49. The van der Waals surface area contributed by atoms with Gasteiger partial charge in [-0.25, -0.2) is 0 Å². The van der Waals surface area contributed by atoms with Crippen molar-refractivity contribution in [2.45, 2.75) is 39.3 Å². The summed E-state index contributed by atoms with van der Waals surface area (Å²) in [6.45, 7) is 5.82. The van der Waals surface area contributed by atoms with Crippen molar-refractivity contribution in [3.8, 4) is 11.5 Å². The Bertz CT molecular complexity index is 797. The Morgan fingerprint density at radius 3 is 1.33 bits per heavy atom. The molecule has 0 fully saturated rings. The van der Waals surface area contributed by atoms with Gasteiger partial charge < -0.3 is 14.9 Å². The number of methoxy groups -OCH3 is 1. The van der Waals surface area contributed by atoms with Crippen molar-refractivity contribution in [1.29, 1.82) is 0 Å². The van der Waals surface area contributed by atoms with Gasteiger partial charge in [0.15, 0.2) is 0 Å². The van der Waals surface area contributed by atoms with E-state index in [0.29, 0.717) is 0 Å². The van der Waals surface area contributed by atoms with Crippen molar-refractivity contribution in [1.82, 2.24) is 0 Å². The van der Waals surface area contributed by atoms with Gasteiger partial charge in [-0.05, 0) is 61.1 Å². The van der Waals surface area contributed by atoms with Crippen LogP contribution in [0.15, 0.2) is 24.3 Å². The molecule has 27 heavy (non-hydrogen) atoms. The molecule has 0 aliphatic rings. The lowest BCUT2D eigenvalue weighted by Gasteiger charge is -2.35. The Morgan fingerprint density at radius 2 is 1.11 bits per heavy atom. The molecule has 0 atom stereocenters. The summed E-state index contributed by atoms with van der Waals surface area (Å²) in [6, 6.07) is 4.52. The van der Waals surface area contributed by atoms with Crippen molar-refractivity contribution in [2.75, 3.05) is 7.11 Å². The molecule has 0 aromatic heterocycles. The van der Waals surface area contributed by atoms with E-state index >= 15 is 0 Å². The first-order valence-electron chi connectivity index (χ1n) is 8.14. The molecule has 146 valence electrons. The molecule has 0 saturated heterocycles. The number of aryl methyl sites for hydroxylation is 4. The van der Waals surface area contributed by atoms with Crippen LogP contribution in [-0.2, 0) is 14.9 Å². The van der Waals surface area contributed by atoms with Crippen LogP contribution in [0.1, 0.15) is 33.4 Å². The zero-order chi connectivity index (χ0) is 20.7. The largest absolute Gasteiger partial charge is 0.507 e. The van der Waals surface area contributed by atoms with Gasteiger partial charge >= 0.3 is 12.1 Å². The Morgan fingerprint density at radius 1 is 0.815 bits per heavy atom. The molecule has 0 aliphatic carbocycles. The van der Waals surface area contributed by atoms with Gasteiger partial charge in [-0.2, -0.15) is 13.2 Å². The van der Waals surface area contributed by atoms with Crippen molar-refractivity contribution in [2.24, 2.45) is 0 Å². The third-order valence-electron chi connectivity index (χ3n) is 4.76. The topological polar surface area (TPSA) is 66.8 Å². The zero-order valence-electron chi connectivity index (χ0n) is 15.7. The predicted octanol–water partition coefficient (Wildman–Crippen LogP) is 4.35. The number of phenols is 2. The van der Waals surface area contributed by atoms with Gasteiger partial charge in [-0.15, -0.1) is 0 Å². The molecule has 2 aromatic carbocycles. The quantitative estimate of drug-likeness (QED) is 0.775. The second-order valence-corrected chi connectivity index (χ2v) is 6.66. The summed E-state index contributed by atoms with van der Waals surface area (Å²) in [5.74, 6) is -1.78. The van der Waals surface area contributed by atoms with Crippen molar-refractivity contribution >= 4 is 5.97 Å². The number of rotatable bonds is 3. The number of esters is 1. The molecule has 2 N–H and O–H groups in total. The third-order valence-corrected chi connectivity index (χ3v) is 4.76. The SMILES string of the molecule is COC(=O)C(c1cc(C)c(O)c(C)c1)(c1cc(C)c(O)c(C)c1)C(F)(F)F. The number of carbonyl (C=O) groups excluding carboxylic acids is 1. The molecule has 2 rings (SSSR count). The van der Waals surface area contributed by atoms with Crippen LogP contribution in [0.2, 0.25) is 0 Å². The summed E-state index contributed by atoms with van der Waals surface area (Å²) in [7, 11) is 0.892. The van der Waals surface area contributed by atoms with E-state index in [1.165, 1.54) is 27.7 Å². The number of halogens is 3. The number of carbonyl (C=O) groups is 1. The van der Waals surface area contributed by atoms with E-state index in [4.69, 9.17) is 0 Å². The Kier molecular flexibility index (Phi) is 5.19. The fraction of sp³-hybridized carbons (Fsp3) is 0.350. The van der Waals surface area contributed by atoms with Crippen LogP contribution in [0.4, 0.5) is 13.2 Å². The summed E-state index contributed by atoms with van der Waals surface area (Å²) in [4.78, 5) is 12.6. The molecule has 0 aliphatic heterocycles. The first-order chi connectivity index (χ1) is 12.4. The molecular formula is C20H21F3O4. The second kappa shape index (κ2) is 6.79. The first-order valence-corrected chi connectivity index (χ1v) is 8.14. The maximum Gasteiger partial charge on any atom is 0.412 e. The molecular weight excluding hydrogens is 361 g/mol. The minimum atomic E-state index is -5.04. The number of aromatic hydroxyl groups is 2. The highest BCUT2D eigenvalue weighted by molar-refractivity contribution is 5.89. The lowest BCUT2D eigenvalue weighted by molar-refractivity contribution is -0.198. The van der Waals surface area contributed by atoms with Crippen LogP contribution in [0.3, 0.4) is 0 Å². The van der Waals surface area contributed by atoms with Crippen LogP contribution < -0.4 is 0 Å². The number of ether oxygens (including phenoxy) is 1. The normalized spacial score (nSPS) is 12.1. The predicted molar refractivity (Wildman–Crippen MR) is 94.0 cm³/mol. The molecule has 0 amide bonds. The smallest absolute Gasteiger partial charge is 0.412 e. The van der Waals surface area contributed by atoms with Crippen molar-refractivity contribution < 1.29 is 32.9 Å². The summed E-state index contributed by atoms with van der Waals surface area (Å²) >= 11 is 0. The zero-order valence-corrected chi connectivity index (χ0v) is 15.7. The van der Waals surface area contributed by atoms with Crippen molar-refractivity contribution in [3.05, 3.63) is 57.6 Å². The molecule has 2 aromatic rings. The third kappa shape index (κ3) is 3.11. The van der Waals surface area contributed by atoms with Crippen LogP contribution >= 0.6 is 0 Å². The van der Waals surface area contributed by atoms with Gasteiger partial charge in [0.25, 0.3) is 0 Å². The monoisotopic (exact) mass is 382 g/mol. The second-order valence-electron chi connectivity index (χ2n) is 6.66. The highest BCUT2D eigenvalue weighted by atomic mass is 19.4. The molecule has 7 heteroatoms. The van der Waals surface area contributed by atoms with E-state index in [0.717, 1.165) is 31.4 Å². The number of phenolic OH excluding ortho intramolecular Hbond substituents is 2. The molecule has 0 unspecified atom stereocenters. The minimum Gasteiger partial charge on any atom is -0.507 e. The Labute approximate surface area is 155 Å².